The van der Waals surface area contributed by atoms with Gasteiger partial charge in [0.25, 0.3) is 0 Å². The summed E-state index contributed by atoms with van der Waals surface area (Å²) in [4.78, 5) is 16.4. The fourth-order valence-electron chi connectivity index (χ4n) is 3.45. The fourth-order valence-corrected chi connectivity index (χ4v) is 5.53. The van der Waals surface area contributed by atoms with E-state index < -0.39 is 11.6 Å². The number of hydrogen-bond donors (Lipinski definition) is 0. The number of ether oxygens (including phenoxy) is 1. The molecule has 0 N–H and O–H groups in total. The second kappa shape index (κ2) is 9.41. The van der Waals surface area contributed by atoms with Crippen LogP contribution in [0.25, 0.3) is 0 Å². The summed E-state index contributed by atoms with van der Waals surface area (Å²) < 4.78 is 19.0. The molecule has 4 rings (SSSR count). The number of hydrogen-bond acceptors (Lipinski definition) is 2. The van der Waals surface area contributed by atoms with Gasteiger partial charge in [0.1, 0.15) is 11.4 Å². The first-order valence-corrected chi connectivity index (χ1v) is 11.6. The van der Waals surface area contributed by atoms with Gasteiger partial charge >= 0.3 is 5.97 Å². The van der Waals surface area contributed by atoms with Crippen LogP contribution in [-0.2, 0) is 21.2 Å². The number of carbonyl (C=O) groups is 1. The van der Waals surface area contributed by atoms with Crippen molar-refractivity contribution in [3.8, 4) is 0 Å². The average Bonchev–Trinajstić information content (AvgIpc) is 2.81. The lowest BCUT2D eigenvalue weighted by Crippen LogP contribution is -2.25. The number of benzene rings is 4. The lowest BCUT2D eigenvalue weighted by atomic mass is 9.98. The lowest BCUT2D eigenvalue weighted by molar-refractivity contribution is -0.00315. The molecule has 0 aromatic heterocycles. The fraction of sp³-hybridized carbons (Fsp3) is 0.107. The quantitative estimate of drug-likeness (QED) is 0.237. The van der Waals surface area contributed by atoms with Crippen LogP contribution in [0.15, 0.2) is 124 Å². The van der Waals surface area contributed by atoms with Crippen molar-refractivity contribution in [3.05, 3.63) is 126 Å². The minimum absolute atomic E-state index is 0.275. The van der Waals surface area contributed by atoms with Crippen molar-refractivity contribution in [1.29, 1.82) is 0 Å². The predicted molar refractivity (Wildman–Crippen MR) is 126 cm³/mol. The minimum Gasteiger partial charge on any atom is -0.451 e. The Hall–Kier alpha value is -3.37. The molecule has 0 spiro atoms. The van der Waals surface area contributed by atoms with Crippen molar-refractivity contribution in [3.63, 3.8) is 0 Å². The van der Waals surface area contributed by atoms with E-state index in [-0.39, 0.29) is 16.7 Å². The van der Waals surface area contributed by atoms with Gasteiger partial charge in [0.15, 0.2) is 14.7 Å². The molecule has 0 saturated heterocycles. The van der Waals surface area contributed by atoms with Crippen LogP contribution in [0, 0.1) is 5.82 Å². The normalized spacial score (nSPS) is 11.4. The monoisotopic (exact) mass is 443 g/mol. The van der Waals surface area contributed by atoms with Crippen LogP contribution in [0.4, 0.5) is 4.39 Å². The van der Waals surface area contributed by atoms with E-state index in [2.05, 4.69) is 24.3 Å². The molecule has 4 aromatic rings. The maximum Gasteiger partial charge on any atom is 0.338 e. The Morgan fingerprint density at radius 2 is 1.16 bits per heavy atom. The van der Waals surface area contributed by atoms with Gasteiger partial charge in [-0.25, -0.2) is 9.18 Å². The standard InChI is InChI=1S/C28H24FO2S/c1-28(2,22-15-17-23(29)18-16-22)31-27(30)21-13-19-26(20-14-21)32(24-9-5-3-6-10-24)25-11-7-4-8-12-25/h3-20H,1-2H3/q+1. The molecule has 0 aliphatic heterocycles. The molecule has 0 saturated carbocycles. The van der Waals surface area contributed by atoms with Gasteiger partial charge in [0.2, 0.25) is 0 Å². The number of esters is 1. The van der Waals surface area contributed by atoms with Crippen LogP contribution in [0.2, 0.25) is 0 Å². The molecular weight excluding hydrogens is 419 g/mol. The second-order valence-electron chi connectivity index (χ2n) is 7.86. The van der Waals surface area contributed by atoms with Crippen molar-refractivity contribution in [1.82, 2.24) is 0 Å². The summed E-state index contributed by atoms with van der Waals surface area (Å²) in [5.41, 5.74) is 0.342. The summed E-state index contributed by atoms with van der Waals surface area (Å²) in [7, 11) is -0.275. The summed E-state index contributed by atoms with van der Waals surface area (Å²) in [6, 6.07) is 34.3. The van der Waals surface area contributed by atoms with E-state index in [4.69, 9.17) is 4.74 Å². The van der Waals surface area contributed by atoms with Crippen LogP contribution in [0.5, 0.6) is 0 Å². The summed E-state index contributed by atoms with van der Waals surface area (Å²) in [6.45, 7) is 3.60. The molecule has 0 radical (unpaired) electrons. The van der Waals surface area contributed by atoms with Crippen molar-refractivity contribution in [2.45, 2.75) is 34.1 Å². The third-order valence-electron chi connectivity index (χ3n) is 5.17. The Bertz CT molecular complexity index is 1130. The smallest absolute Gasteiger partial charge is 0.338 e. The molecule has 0 atom stereocenters. The van der Waals surface area contributed by atoms with E-state index in [1.807, 2.05) is 60.7 Å². The van der Waals surface area contributed by atoms with E-state index in [9.17, 15) is 9.18 Å². The molecule has 0 unspecified atom stereocenters. The van der Waals surface area contributed by atoms with E-state index in [1.54, 1.807) is 26.0 Å². The van der Waals surface area contributed by atoms with Gasteiger partial charge in [-0.15, -0.1) is 0 Å². The molecule has 32 heavy (non-hydrogen) atoms. The lowest BCUT2D eigenvalue weighted by Gasteiger charge is -2.25. The van der Waals surface area contributed by atoms with Crippen LogP contribution >= 0.6 is 0 Å². The predicted octanol–water partition coefficient (Wildman–Crippen LogP) is 7.01. The van der Waals surface area contributed by atoms with Crippen molar-refractivity contribution in [2.24, 2.45) is 0 Å². The summed E-state index contributed by atoms with van der Waals surface area (Å²) >= 11 is 0. The van der Waals surface area contributed by atoms with Gasteiger partial charge in [-0.1, -0.05) is 48.5 Å². The van der Waals surface area contributed by atoms with Gasteiger partial charge < -0.3 is 4.74 Å². The number of carbonyl (C=O) groups excluding carboxylic acids is 1. The second-order valence-corrected chi connectivity index (χ2v) is 9.89. The summed E-state index contributed by atoms with van der Waals surface area (Å²) in [5, 5.41) is 0. The summed E-state index contributed by atoms with van der Waals surface area (Å²) in [5.74, 6) is -0.733. The molecule has 0 aliphatic rings. The molecule has 0 bridgehead atoms. The van der Waals surface area contributed by atoms with Gasteiger partial charge in [-0.05, 0) is 80.1 Å². The van der Waals surface area contributed by atoms with Crippen LogP contribution in [0.1, 0.15) is 29.8 Å². The molecule has 4 aromatic carbocycles. The topological polar surface area (TPSA) is 26.3 Å². The Labute approximate surface area is 191 Å². The zero-order valence-corrected chi connectivity index (χ0v) is 18.8. The molecule has 2 nitrogen and oxygen atoms in total. The van der Waals surface area contributed by atoms with Crippen LogP contribution in [0.3, 0.4) is 0 Å². The number of rotatable bonds is 6. The van der Waals surface area contributed by atoms with Crippen LogP contribution < -0.4 is 0 Å². The maximum absolute atomic E-state index is 13.2. The van der Waals surface area contributed by atoms with E-state index in [0.29, 0.717) is 5.56 Å². The Kier molecular flexibility index (Phi) is 6.42. The van der Waals surface area contributed by atoms with E-state index >= 15 is 0 Å². The Balaban J connectivity index is 1.58. The van der Waals surface area contributed by atoms with Gasteiger partial charge in [0, 0.05) is 0 Å². The van der Waals surface area contributed by atoms with Crippen molar-refractivity contribution in [2.75, 3.05) is 0 Å². The third kappa shape index (κ3) is 4.92. The van der Waals surface area contributed by atoms with Crippen molar-refractivity contribution >= 4 is 16.9 Å². The molecule has 0 fully saturated rings. The highest BCUT2D eigenvalue weighted by molar-refractivity contribution is 7.97. The Morgan fingerprint density at radius 3 is 1.66 bits per heavy atom. The molecule has 0 aliphatic carbocycles. The van der Waals surface area contributed by atoms with Crippen LogP contribution in [-0.4, -0.2) is 5.97 Å². The minimum atomic E-state index is -0.873. The first-order valence-electron chi connectivity index (χ1n) is 10.4. The zero-order chi connectivity index (χ0) is 22.6. The molecule has 160 valence electrons. The first kappa shape index (κ1) is 21.8. The van der Waals surface area contributed by atoms with E-state index in [1.165, 1.54) is 21.9 Å². The molecular formula is C28H24FO2S+. The third-order valence-corrected chi connectivity index (χ3v) is 7.40. The molecule has 4 heteroatoms. The molecule has 0 amide bonds. The highest BCUT2D eigenvalue weighted by Crippen LogP contribution is 2.32. The highest BCUT2D eigenvalue weighted by Gasteiger charge is 2.30. The highest BCUT2D eigenvalue weighted by atomic mass is 32.2. The van der Waals surface area contributed by atoms with Gasteiger partial charge in [-0.3, -0.25) is 0 Å². The van der Waals surface area contributed by atoms with E-state index in [0.717, 1.165) is 10.5 Å². The average molecular weight is 444 g/mol. The van der Waals surface area contributed by atoms with Gasteiger partial charge in [0.05, 0.1) is 16.5 Å². The largest absolute Gasteiger partial charge is 0.451 e. The van der Waals surface area contributed by atoms with Crippen molar-refractivity contribution < 1.29 is 13.9 Å². The molecule has 0 heterocycles. The zero-order valence-electron chi connectivity index (χ0n) is 18.0. The Morgan fingerprint density at radius 1 is 0.688 bits per heavy atom. The summed E-state index contributed by atoms with van der Waals surface area (Å²) in [6.07, 6.45) is 0. The number of halogens is 1. The SMILES string of the molecule is CC(C)(OC(=O)c1ccc([S+](c2ccccc2)c2ccccc2)cc1)c1ccc(F)cc1. The van der Waals surface area contributed by atoms with Gasteiger partial charge in [-0.2, -0.15) is 0 Å². The maximum atomic E-state index is 13.2. The first-order chi connectivity index (χ1) is 15.4.